The van der Waals surface area contributed by atoms with Gasteiger partial charge in [0.15, 0.2) is 0 Å². The van der Waals surface area contributed by atoms with E-state index >= 15 is 0 Å². The quantitative estimate of drug-likeness (QED) is 0.693. The van der Waals surface area contributed by atoms with Gasteiger partial charge < -0.3 is 10.2 Å². The van der Waals surface area contributed by atoms with E-state index in [-0.39, 0.29) is 16.8 Å². The summed E-state index contributed by atoms with van der Waals surface area (Å²) in [5.41, 5.74) is 0.603. The summed E-state index contributed by atoms with van der Waals surface area (Å²) in [5, 5.41) is 3.24. The molecule has 3 rings (SSSR count). The second-order valence-corrected chi connectivity index (χ2v) is 8.25. The number of hydrogen-bond donors (Lipinski definition) is 1. The fourth-order valence-corrected chi connectivity index (χ4v) is 4.44. The van der Waals surface area contributed by atoms with Crippen LogP contribution in [0.5, 0.6) is 0 Å². The topological polar surface area (TPSA) is 49.4 Å². The minimum atomic E-state index is -0.765. The summed E-state index contributed by atoms with van der Waals surface area (Å²) < 4.78 is 13.9. The van der Waals surface area contributed by atoms with Crippen molar-refractivity contribution >= 4 is 35.0 Å². The van der Waals surface area contributed by atoms with Crippen LogP contribution in [0.1, 0.15) is 43.9 Å². The summed E-state index contributed by atoms with van der Waals surface area (Å²) in [5.74, 6) is -0.741. The molecule has 29 heavy (non-hydrogen) atoms. The number of carbonyl (C=O) groups excluding carboxylic acids is 2. The molecule has 1 atom stereocenters. The maximum Gasteiger partial charge on any atom is 0.231 e. The van der Waals surface area contributed by atoms with E-state index in [9.17, 15) is 14.0 Å². The fourth-order valence-electron chi connectivity index (χ4n) is 3.89. The molecule has 1 saturated heterocycles. The van der Waals surface area contributed by atoms with Crippen LogP contribution in [-0.4, -0.2) is 29.8 Å². The number of carbonyl (C=O) groups is 2. The second kappa shape index (κ2) is 8.72. The van der Waals surface area contributed by atoms with Crippen LogP contribution in [0.15, 0.2) is 42.5 Å². The first-order valence-corrected chi connectivity index (χ1v) is 10.3. The summed E-state index contributed by atoms with van der Waals surface area (Å²) >= 11 is 12.0. The number of rotatable bonds is 4. The summed E-state index contributed by atoms with van der Waals surface area (Å²) in [7, 11) is 0. The molecule has 0 saturated carbocycles. The molecule has 2 aromatic carbocycles. The van der Waals surface area contributed by atoms with Crippen molar-refractivity contribution in [2.75, 3.05) is 13.1 Å². The van der Waals surface area contributed by atoms with Crippen molar-refractivity contribution in [2.45, 2.75) is 38.1 Å². The molecule has 0 bridgehead atoms. The summed E-state index contributed by atoms with van der Waals surface area (Å²) in [6.07, 6.45) is 1.02. The van der Waals surface area contributed by atoms with Gasteiger partial charge in [0.2, 0.25) is 11.8 Å². The first-order chi connectivity index (χ1) is 13.7. The highest BCUT2D eigenvalue weighted by atomic mass is 35.5. The Morgan fingerprint density at radius 1 is 1.10 bits per heavy atom. The van der Waals surface area contributed by atoms with Gasteiger partial charge >= 0.3 is 0 Å². The van der Waals surface area contributed by atoms with E-state index in [2.05, 4.69) is 5.32 Å². The Kier molecular flexibility index (Phi) is 6.49. The third kappa shape index (κ3) is 4.41. The van der Waals surface area contributed by atoms with Gasteiger partial charge in [-0.15, -0.1) is 0 Å². The Morgan fingerprint density at radius 2 is 1.72 bits per heavy atom. The smallest absolute Gasteiger partial charge is 0.231 e. The van der Waals surface area contributed by atoms with E-state index < -0.39 is 17.3 Å². The second-order valence-electron chi connectivity index (χ2n) is 7.44. The van der Waals surface area contributed by atoms with Crippen LogP contribution < -0.4 is 5.32 Å². The average Bonchev–Trinajstić information content (AvgIpc) is 2.71. The third-order valence-corrected chi connectivity index (χ3v) is 6.29. The van der Waals surface area contributed by atoms with Crippen LogP contribution in [0.25, 0.3) is 0 Å². The van der Waals surface area contributed by atoms with E-state index in [1.54, 1.807) is 11.8 Å². The molecular formula is C22H23Cl2FN2O2. The maximum atomic E-state index is 13.9. The number of likely N-dealkylation sites (tertiary alicyclic amines) is 1. The molecule has 2 aromatic rings. The molecule has 1 N–H and O–H groups in total. The van der Waals surface area contributed by atoms with Crippen LogP contribution in [0.3, 0.4) is 0 Å². The Balaban J connectivity index is 1.88. The van der Waals surface area contributed by atoms with E-state index in [0.29, 0.717) is 36.5 Å². The SMILES string of the molecule is CC(=O)N1CCC(C(=O)NC(C)c2cc(F)c(Cl)cc2Cl)(c2ccccc2)CC1. The first kappa shape index (κ1) is 21.6. The molecule has 1 aliphatic heterocycles. The standard InChI is InChI=1S/C22H23Cl2FN2O2/c1-14(17-12-20(25)19(24)13-18(17)23)26-21(29)22(16-6-4-3-5-7-16)8-10-27(11-9-22)15(2)28/h3-7,12-14H,8-11H2,1-2H3,(H,26,29). The molecule has 154 valence electrons. The molecule has 2 amide bonds. The highest BCUT2D eigenvalue weighted by Crippen LogP contribution is 2.37. The maximum absolute atomic E-state index is 13.9. The molecule has 1 fully saturated rings. The zero-order valence-corrected chi connectivity index (χ0v) is 17.9. The third-order valence-electron chi connectivity index (χ3n) is 5.68. The minimum absolute atomic E-state index is 0.00357. The highest BCUT2D eigenvalue weighted by molar-refractivity contribution is 6.35. The molecule has 7 heteroatoms. The average molecular weight is 437 g/mol. The van der Waals surface area contributed by atoms with Gasteiger partial charge in [-0.05, 0) is 43.0 Å². The van der Waals surface area contributed by atoms with Gasteiger partial charge in [-0.25, -0.2) is 4.39 Å². The van der Waals surface area contributed by atoms with Crippen LogP contribution in [-0.2, 0) is 15.0 Å². The van der Waals surface area contributed by atoms with Crippen molar-refractivity contribution in [1.82, 2.24) is 10.2 Å². The summed E-state index contributed by atoms with van der Waals surface area (Å²) in [6, 6.07) is 11.7. The molecule has 1 aliphatic rings. The summed E-state index contributed by atoms with van der Waals surface area (Å²) in [6.45, 7) is 4.30. The normalized spacial score (nSPS) is 16.9. The fraction of sp³-hybridized carbons (Fsp3) is 0.364. The van der Waals surface area contributed by atoms with E-state index in [4.69, 9.17) is 23.2 Å². The number of piperidine rings is 1. The predicted octanol–water partition coefficient (Wildman–Crippen LogP) is 4.89. The number of amides is 2. The lowest BCUT2D eigenvalue weighted by molar-refractivity contribution is -0.135. The van der Waals surface area contributed by atoms with Gasteiger partial charge in [0.1, 0.15) is 5.82 Å². The largest absolute Gasteiger partial charge is 0.349 e. The molecule has 1 heterocycles. The van der Waals surface area contributed by atoms with Crippen LogP contribution >= 0.6 is 23.2 Å². The van der Waals surface area contributed by atoms with Gasteiger partial charge in [0.25, 0.3) is 0 Å². The molecule has 4 nitrogen and oxygen atoms in total. The molecular weight excluding hydrogens is 414 g/mol. The number of nitrogens with zero attached hydrogens (tertiary/aromatic N) is 1. The van der Waals surface area contributed by atoms with E-state index in [1.807, 2.05) is 30.3 Å². The number of nitrogens with one attached hydrogen (secondary N) is 1. The first-order valence-electron chi connectivity index (χ1n) is 9.51. The van der Waals surface area contributed by atoms with E-state index in [1.165, 1.54) is 19.1 Å². The van der Waals surface area contributed by atoms with Crippen molar-refractivity contribution in [2.24, 2.45) is 0 Å². The lowest BCUT2D eigenvalue weighted by atomic mass is 9.71. The lowest BCUT2D eigenvalue weighted by Gasteiger charge is -2.41. The zero-order chi connectivity index (χ0) is 21.2. The monoisotopic (exact) mass is 436 g/mol. The van der Waals surface area contributed by atoms with Crippen LogP contribution in [0.4, 0.5) is 4.39 Å². The summed E-state index contributed by atoms with van der Waals surface area (Å²) in [4.78, 5) is 27.0. The van der Waals surface area contributed by atoms with Gasteiger partial charge in [-0.1, -0.05) is 53.5 Å². The number of benzene rings is 2. The van der Waals surface area contributed by atoms with E-state index in [0.717, 1.165) is 5.56 Å². The zero-order valence-electron chi connectivity index (χ0n) is 16.3. The van der Waals surface area contributed by atoms with Crippen LogP contribution in [0.2, 0.25) is 10.0 Å². The highest BCUT2D eigenvalue weighted by Gasteiger charge is 2.43. The van der Waals surface area contributed by atoms with Crippen LogP contribution in [0, 0.1) is 5.82 Å². The Bertz CT molecular complexity index is 913. The minimum Gasteiger partial charge on any atom is -0.349 e. The Labute approximate surface area is 180 Å². The van der Waals surface area contributed by atoms with Crippen molar-refractivity contribution < 1.29 is 14.0 Å². The van der Waals surface area contributed by atoms with Crippen molar-refractivity contribution in [3.05, 3.63) is 69.5 Å². The van der Waals surface area contributed by atoms with Crippen molar-refractivity contribution in [1.29, 1.82) is 0 Å². The Hall–Kier alpha value is -2.11. The van der Waals surface area contributed by atoms with Gasteiger partial charge in [0, 0.05) is 25.0 Å². The molecule has 0 spiro atoms. The van der Waals surface area contributed by atoms with Gasteiger partial charge in [-0.3, -0.25) is 9.59 Å². The predicted molar refractivity (Wildman–Crippen MR) is 113 cm³/mol. The van der Waals surface area contributed by atoms with Crippen molar-refractivity contribution in [3.63, 3.8) is 0 Å². The molecule has 0 radical (unpaired) electrons. The van der Waals surface area contributed by atoms with Crippen molar-refractivity contribution in [3.8, 4) is 0 Å². The molecule has 1 unspecified atom stereocenters. The Morgan fingerprint density at radius 3 is 2.31 bits per heavy atom. The lowest BCUT2D eigenvalue weighted by Crippen LogP contribution is -2.52. The van der Waals surface area contributed by atoms with Gasteiger partial charge in [0.05, 0.1) is 16.5 Å². The number of hydrogen-bond acceptors (Lipinski definition) is 2. The molecule has 0 aliphatic carbocycles. The molecule has 0 aromatic heterocycles. The van der Waals surface area contributed by atoms with Gasteiger partial charge in [-0.2, -0.15) is 0 Å². The number of halogens is 3.